The average molecular weight is 250 g/mol. The summed E-state index contributed by atoms with van der Waals surface area (Å²) in [5.41, 5.74) is 1.16. The Morgan fingerprint density at radius 3 is 2.82 bits per heavy atom. The molecule has 92 valence electrons. The molecule has 1 heterocycles. The van der Waals surface area contributed by atoms with Gasteiger partial charge in [0.2, 0.25) is 5.91 Å². The second-order valence-electron chi connectivity index (χ2n) is 4.29. The van der Waals surface area contributed by atoms with Crippen molar-refractivity contribution in [1.29, 1.82) is 0 Å². The van der Waals surface area contributed by atoms with Crippen LogP contribution >= 0.6 is 11.8 Å². The van der Waals surface area contributed by atoms with Crippen LogP contribution in [0.3, 0.4) is 0 Å². The van der Waals surface area contributed by atoms with Crippen molar-refractivity contribution in [2.45, 2.75) is 18.3 Å². The van der Waals surface area contributed by atoms with Crippen molar-refractivity contribution in [3.8, 4) is 0 Å². The molecule has 0 saturated carbocycles. The van der Waals surface area contributed by atoms with Gasteiger partial charge in [-0.15, -0.1) is 0 Å². The molecule has 1 aliphatic rings. The lowest BCUT2D eigenvalue weighted by atomic mass is 10.1. The molecule has 1 saturated heterocycles. The van der Waals surface area contributed by atoms with E-state index in [1.807, 2.05) is 23.1 Å². The fourth-order valence-electron chi connectivity index (χ4n) is 2.03. The highest BCUT2D eigenvalue weighted by molar-refractivity contribution is 7.99. The summed E-state index contributed by atoms with van der Waals surface area (Å²) < 4.78 is 0. The van der Waals surface area contributed by atoms with E-state index in [0.29, 0.717) is 11.8 Å². The first-order chi connectivity index (χ1) is 8.22. The van der Waals surface area contributed by atoms with Crippen LogP contribution in [0, 0.1) is 0 Å². The van der Waals surface area contributed by atoms with Crippen molar-refractivity contribution < 1.29 is 4.79 Å². The third-order valence-electron chi connectivity index (χ3n) is 3.05. The van der Waals surface area contributed by atoms with Crippen molar-refractivity contribution >= 4 is 17.7 Å². The molecule has 1 amide bonds. The molecule has 0 bridgehead atoms. The molecule has 1 aromatic carbocycles. The quantitative estimate of drug-likeness (QED) is 0.885. The highest BCUT2D eigenvalue weighted by atomic mass is 32.2. The van der Waals surface area contributed by atoms with E-state index < -0.39 is 0 Å². The number of carbonyl (C=O) groups excluding carboxylic acids is 1. The smallest absolute Gasteiger partial charge is 0.238 e. The lowest BCUT2D eigenvalue weighted by Gasteiger charge is -2.26. The third kappa shape index (κ3) is 2.82. The fourth-order valence-corrected chi connectivity index (χ4v) is 2.34. The summed E-state index contributed by atoms with van der Waals surface area (Å²) in [6.07, 6.45) is 2.12. The number of hydrogen-bond acceptors (Lipinski definition) is 3. The van der Waals surface area contributed by atoms with Crippen LogP contribution < -0.4 is 5.32 Å². The van der Waals surface area contributed by atoms with Crippen LogP contribution in [-0.2, 0) is 4.79 Å². The van der Waals surface area contributed by atoms with Gasteiger partial charge in [-0.05, 0) is 11.8 Å². The molecule has 1 aliphatic heterocycles. The van der Waals surface area contributed by atoms with Crippen molar-refractivity contribution in [3.63, 3.8) is 0 Å². The van der Waals surface area contributed by atoms with Crippen LogP contribution in [0.25, 0.3) is 0 Å². The van der Waals surface area contributed by atoms with Gasteiger partial charge in [-0.3, -0.25) is 10.1 Å². The van der Waals surface area contributed by atoms with Crippen LogP contribution in [0.15, 0.2) is 30.3 Å². The molecule has 1 fully saturated rings. The summed E-state index contributed by atoms with van der Waals surface area (Å²) in [7, 11) is 0. The highest BCUT2D eigenvalue weighted by Gasteiger charge is 2.31. The zero-order valence-corrected chi connectivity index (χ0v) is 11.0. The third-order valence-corrected chi connectivity index (χ3v) is 4.00. The number of nitrogens with zero attached hydrogens (tertiary/aromatic N) is 1. The van der Waals surface area contributed by atoms with Gasteiger partial charge in [0.25, 0.3) is 0 Å². The van der Waals surface area contributed by atoms with E-state index in [2.05, 4.69) is 30.6 Å². The molecule has 0 spiro atoms. The minimum Gasteiger partial charge on any atom is -0.321 e. The lowest BCUT2D eigenvalue weighted by Crippen LogP contribution is -2.34. The number of amides is 1. The summed E-state index contributed by atoms with van der Waals surface area (Å²) in [5, 5.41) is 3.73. The van der Waals surface area contributed by atoms with Gasteiger partial charge in [-0.25, -0.2) is 0 Å². The number of carbonyl (C=O) groups is 1. The van der Waals surface area contributed by atoms with E-state index in [1.54, 1.807) is 11.8 Å². The molecule has 3 nitrogen and oxygen atoms in total. The maximum atomic E-state index is 11.9. The predicted octanol–water partition coefficient (Wildman–Crippen LogP) is 1.87. The van der Waals surface area contributed by atoms with E-state index in [0.717, 1.165) is 12.1 Å². The van der Waals surface area contributed by atoms with E-state index in [-0.39, 0.29) is 12.1 Å². The van der Waals surface area contributed by atoms with Crippen molar-refractivity contribution in [2.75, 3.05) is 19.3 Å². The van der Waals surface area contributed by atoms with Gasteiger partial charge in [0.05, 0.1) is 6.54 Å². The van der Waals surface area contributed by atoms with E-state index in [4.69, 9.17) is 0 Å². The predicted molar refractivity (Wildman–Crippen MR) is 71.9 cm³/mol. The first kappa shape index (κ1) is 12.5. The largest absolute Gasteiger partial charge is 0.321 e. The lowest BCUT2D eigenvalue weighted by molar-refractivity contribution is -0.128. The Labute approximate surface area is 107 Å². The van der Waals surface area contributed by atoms with Crippen LogP contribution in [0.1, 0.15) is 18.7 Å². The monoisotopic (exact) mass is 250 g/mol. The molecule has 0 aliphatic carbocycles. The Morgan fingerprint density at radius 2 is 2.18 bits per heavy atom. The first-order valence-corrected chi connectivity index (χ1v) is 7.11. The Kier molecular flexibility index (Phi) is 4.07. The average Bonchev–Trinajstić information content (AvgIpc) is 2.72. The van der Waals surface area contributed by atoms with E-state index in [1.165, 1.54) is 0 Å². The van der Waals surface area contributed by atoms with Gasteiger partial charge >= 0.3 is 0 Å². The van der Waals surface area contributed by atoms with E-state index >= 15 is 0 Å². The molecule has 4 heteroatoms. The SMILES string of the molecule is CSC(C)CN1C(=O)CNC1c1ccccc1. The van der Waals surface area contributed by atoms with Crippen molar-refractivity contribution in [3.05, 3.63) is 35.9 Å². The van der Waals surface area contributed by atoms with Crippen LogP contribution in [0.4, 0.5) is 0 Å². The van der Waals surface area contributed by atoms with E-state index in [9.17, 15) is 4.79 Å². The minimum absolute atomic E-state index is 0.0401. The summed E-state index contributed by atoms with van der Waals surface area (Å²) in [5.74, 6) is 0.194. The second kappa shape index (κ2) is 5.56. The maximum absolute atomic E-state index is 11.9. The summed E-state index contributed by atoms with van der Waals surface area (Å²) in [6, 6.07) is 10.1. The number of hydrogen-bond donors (Lipinski definition) is 1. The number of thioether (sulfide) groups is 1. The highest BCUT2D eigenvalue weighted by Crippen LogP contribution is 2.23. The van der Waals surface area contributed by atoms with Crippen LogP contribution in [0.5, 0.6) is 0 Å². The van der Waals surface area contributed by atoms with Gasteiger partial charge in [-0.2, -0.15) is 11.8 Å². The summed E-state index contributed by atoms with van der Waals surface area (Å²) in [4.78, 5) is 13.8. The van der Waals surface area contributed by atoms with Crippen molar-refractivity contribution in [1.82, 2.24) is 10.2 Å². The van der Waals surface area contributed by atoms with Gasteiger partial charge in [0.15, 0.2) is 0 Å². The molecule has 2 atom stereocenters. The zero-order chi connectivity index (χ0) is 12.3. The fraction of sp³-hybridized carbons (Fsp3) is 0.462. The standard InChI is InChI=1S/C13H18N2OS/c1-10(17-2)9-15-12(16)8-14-13(15)11-6-4-3-5-7-11/h3-7,10,13-14H,8-9H2,1-2H3. The number of nitrogens with one attached hydrogen (secondary N) is 1. The molecule has 0 radical (unpaired) electrons. The topological polar surface area (TPSA) is 32.3 Å². The molecule has 2 unspecified atom stereocenters. The Morgan fingerprint density at radius 1 is 1.47 bits per heavy atom. The molecule has 17 heavy (non-hydrogen) atoms. The van der Waals surface area contributed by atoms with Gasteiger partial charge in [0.1, 0.15) is 6.17 Å². The Hall–Kier alpha value is -1.00. The Balaban J connectivity index is 2.14. The number of rotatable bonds is 4. The maximum Gasteiger partial charge on any atom is 0.238 e. The molecule has 1 N–H and O–H groups in total. The summed E-state index contributed by atoms with van der Waals surface area (Å²) >= 11 is 1.79. The van der Waals surface area contributed by atoms with Gasteiger partial charge in [-0.1, -0.05) is 37.3 Å². The zero-order valence-electron chi connectivity index (χ0n) is 10.2. The van der Waals surface area contributed by atoms with Gasteiger partial charge < -0.3 is 4.90 Å². The molecular formula is C13H18N2OS. The number of benzene rings is 1. The molecule has 1 aromatic rings. The molecule has 2 rings (SSSR count). The van der Waals surface area contributed by atoms with Crippen molar-refractivity contribution in [2.24, 2.45) is 0 Å². The minimum atomic E-state index is 0.0401. The second-order valence-corrected chi connectivity index (χ2v) is 5.56. The summed E-state index contributed by atoms with van der Waals surface area (Å²) in [6.45, 7) is 3.39. The molecular weight excluding hydrogens is 232 g/mol. The first-order valence-electron chi connectivity index (χ1n) is 5.83. The normalized spacial score (nSPS) is 21.9. The van der Waals surface area contributed by atoms with Crippen LogP contribution in [-0.4, -0.2) is 35.4 Å². The van der Waals surface area contributed by atoms with Crippen LogP contribution in [0.2, 0.25) is 0 Å². The van der Waals surface area contributed by atoms with Gasteiger partial charge in [0, 0.05) is 11.8 Å². The molecule has 0 aromatic heterocycles. The Bertz CT molecular complexity index is 382.